The van der Waals surface area contributed by atoms with E-state index in [0.29, 0.717) is 17.6 Å². The van der Waals surface area contributed by atoms with Crippen LogP contribution in [0.1, 0.15) is 46.0 Å². The third-order valence-corrected chi connectivity index (χ3v) is 3.60. The van der Waals surface area contributed by atoms with Gasteiger partial charge in [0.05, 0.1) is 0 Å². The summed E-state index contributed by atoms with van der Waals surface area (Å²) in [5, 5.41) is 3.15. The lowest BCUT2D eigenvalue weighted by molar-refractivity contribution is -0.128. The van der Waals surface area contributed by atoms with E-state index >= 15 is 0 Å². The molecule has 1 atom stereocenters. The number of Topliss-reactive ketones (excluding diaryl/α,β-unsaturated/α-hetero) is 1. The van der Waals surface area contributed by atoms with Crippen LogP contribution in [0.3, 0.4) is 0 Å². The Morgan fingerprint density at radius 3 is 2.33 bits per heavy atom. The highest BCUT2D eigenvalue weighted by Gasteiger charge is 2.29. The van der Waals surface area contributed by atoms with Gasteiger partial charge in [0.15, 0.2) is 0 Å². The highest BCUT2D eigenvalue weighted by Crippen LogP contribution is 2.28. The van der Waals surface area contributed by atoms with Gasteiger partial charge in [-0.1, -0.05) is 33.1 Å². The van der Waals surface area contributed by atoms with Gasteiger partial charge >= 0.3 is 0 Å². The third-order valence-electron chi connectivity index (χ3n) is 3.60. The van der Waals surface area contributed by atoms with Gasteiger partial charge in [0.1, 0.15) is 5.78 Å². The predicted molar refractivity (Wildman–Crippen MR) is 63.8 cm³/mol. The summed E-state index contributed by atoms with van der Waals surface area (Å²) in [7, 11) is 1.93. The van der Waals surface area contributed by atoms with E-state index in [1.54, 1.807) is 0 Å². The fourth-order valence-electron chi connectivity index (χ4n) is 2.57. The molecule has 2 heteroatoms. The van der Waals surface area contributed by atoms with Crippen LogP contribution in [0.15, 0.2) is 0 Å². The average Bonchev–Trinajstić information content (AvgIpc) is 2.26. The van der Waals surface area contributed by atoms with Crippen molar-refractivity contribution in [2.75, 3.05) is 13.6 Å². The topological polar surface area (TPSA) is 29.1 Å². The molecule has 0 heterocycles. The van der Waals surface area contributed by atoms with Crippen molar-refractivity contribution < 1.29 is 4.79 Å². The Morgan fingerprint density at radius 1 is 1.27 bits per heavy atom. The monoisotopic (exact) mass is 211 g/mol. The molecular weight excluding hydrogens is 186 g/mol. The largest absolute Gasteiger partial charge is 0.319 e. The first kappa shape index (κ1) is 12.7. The second-order valence-electron chi connectivity index (χ2n) is 5.15. The predicted octanol–water partition coefficient (Wildman–Crippen LogP) is 2.63. The summed E-state index contributed by atoms with van der Waals surface area (Å²) in [5.74, 6) is 1.56. The zero-order valence-electron chi connectivity index (χ0n) is 10.4. The summed E-state index contributed by atoms with van der Waals surface area (Å²) < 4.78 is 0. The van der Waals surface area contributed by atoms with Gasteiger partial charge in [0, 0.05) is 18.4 Å². The Balaban J connectivity index is 2.53. The normalized spacial score (nSPS) is 20.5. The molecule has 1 aliphatic carbocycles. The number of hydrogen-bond donors (Lipinski definition) is 1. The second kappa shape index (κ2) is 6.26. The summed E-state index contributed by atoms with van der Waals surface area (Å²) in [6.45, 7) is 5.15. The molecule has 15 heavy (non-hydrogen) atoms. The molecule has 0 bridgehead atoms. The van der Waals surface area contributed by atoms with Crippen molar-refractivity contribution in [3.8, 4) is 0 Å². The quantitative estimate of drug-likeness (QED) is 0.757. The van der Waals surface area contributed by atoms with Gasteiger partial charge in [-0.3, -0.25) is 4.79 Å². The van der Waals surface area contributed by atoms with E-state index in [2.05, 4.69) is 19.2 Å². The van der Waals surface area contributed by atoms with Crippen LogP contribution in [0.5, 0.6) is 0 Å². The van der Waals surface area contributed by atoms with Gasteiger partial charge in [-0.15, -0.1) is 0 Å². The molecule has 1 fully saturated rings. The number of rotatable bonds is 5. The smallest absolute Gasteiger partial charge is 0.140 e. The van der Waals surface area contributed by atoms with Crippen LogP contribution in [0.25, 0.3) is 0 Å². The van der Waals surface area contributed by atoms with Crippen LogP contribution >= 0.6 is 0 Å². The molecule has 0 saturated heterocycles. The summed E-state index contributed by atoms with van der Waals surface area (Å²) >= 11 is 0. The Hall–Kier alpha value is -0.370. The molecule has 0 amide bonds. The molecule has 1 rings (SSSR count). The molecule has 88 valence electrons. The SMILES string of the molecule is CNCC(C(=O)C1CCCCC1)C(C)C. The number of carbonyl (C=O) groups excluding carboxylic acids is 1. The first-order valence-corrected chi connectivity index (χ1v) is 6.35. The van der Waals surface area contributed by atoms with Crippen molar-refractivity contribution >= 4 is 5.78 Å². The number of carbonyl (C=O) groups is 1. The molecule has 0 aromatic heterocycles. The van der Waals surface area contributed by atoms with Gasteiger partial charge in [-0.05, 0) is 25.8 Å². The van der Waals surface area contributed by atoms with E-state index in [9.17, 15) is 4.79 Å². The van der Waals surface area contributed by atoms with Crippen LogP contribution in [0.4, 0.5) is 0 Å². The molecule has 1 N–H and O–H groups in total. The van der Waals surface area contributed by atoms with Crippen LogP contribution < -0.4 is 5.32 Å². The van der Waals surface area contributed by atoms with E-state index in [-0.39, 0.29) is 5.92 Å². The molecule has 0 spiro atoms. The van der Waals surface area contributed by atoms with Crippen LogP contribution in [0, 0.1) is 17.8 Å². The molecule has 0 radical (unpaired) electrons. The molecular formula is C13H25NO. The lowest BCUT2D eigenvalue weighted by atomic mass is 9.78. The molecule has 1 saturated carbocycles. The summed E-state index contributed by atoms with van der Waals surface area (Å²) in [4.78, 5) is 12.3. The maximum atomic E-state index is 12.3. The summed E-state index contributed by atoms with van der Waals surface area (Å²) in [5.41, 5.74) is 0. The van der Waals surface area contributed by atoms with E-state index in [0.717, 1.165) is 19.4 Å². The van der Waals surface area contributed by atoms with Crippen LogP contribution in [0.2, 0.25) is 0 Å². The summed E-state index contributed by atoms with van der Waals surface area (Å²) in [6, 6.07) is 0. The van der Waals surface area contributed by atoms with E-state index < -0.39 is 0 Å². The van der Waals surface area contributed by atoms with E-state index in [1.807, 2.05) is 7.05 Å². The Morgan fingerprint density at radius 2 is 1.87 bits per heavy atom. The zero-order valence-corrected chi connectivity index (χ0v) is 10.4. The minimum Gasteiger partial charge on any atom is -0.319 e. The van der Waals surface area contributed by atoms with E-state index in [4.69, 9.17) is 0 Å². The lowest BCUT2D eigenvalue weighted by Crippen LogP contribution is -2.35. The first-order valence-electron chi connectivity index (χ1n) is 6.35. The molecule has 2 nitrogen and oxygen atoms in total. The second-order valence-corrected chi connectivity index (χ2v) is 5.15. The average molecular weight is 211 g/mol. The minimum atomic E-state index is 0.220. The Labute approximate surface area is 93.8 Å². The standard InChI is InChI=1S/C13H25NO/c1-10(2)12(9-14-3)13(15)11-7-5-4-6-8-11/h10-12,14H,4-9H2,1-3H3. The van der Waals surface area contributed by atoms with Crippen molar-refractivity contribution in [1.82, 2.24) is 5.32 Å². The maximum absolute atomic E-state index is 12.3. The van der Waals surface area contributed by atoms with Crippen molar-refractivity contribution in [3.63, 3.8) is 0 Å². The summed E-state index contributed by atoms with van der Waals surface area (Å²) in [6.07, 6.45) is 6.08. The van der Waals surface area contributed by atoms with Crippen LogP contribution in [-0.2, 0) is 4.79 Å². The fraction of sp³-hybridized carbons (Fsp3) is 0.923. The molecule has 0 aromatic carbocycles. The molecule has 1 unspecified atom stereocenters. The first-order chi connectivity index (χ1) is 7.16. The van der Waals surface area contributed by atoms with Gasteiger partial charge in [0.2, 0.25) is 0 Å². The molecule has 0 aromatic rings. The van der Waals surface area contributed by atoms with Gasteiger partial charge in [-0.2, -0.15) is 0 Å². The fourth-order valence-corrected chi connectivity index (χ4v) is 2.57. The van der Waals surface area contributed by atoms with Gasteiger partial charge in [0.25, 0.3) is 0 Å². The van der Waals surface area contributed by atoms with Crippen molar-refractivity contribution in [2.45, 2.75) is 46.0 Å². The van der Waals surface area contributed by atoms with Crippen molar-refractivity contribution in [2.24, 2.45) is 17.8 Å². The van der Waals surface area contributed by atoms with Crippen molar-refractivity contribution in [1.29, 1.82) is 0 Å². The Bertz CT molecular complexity index is 195. The highest BCUT2D eigenvalue weighted by atomic mass is 16.1. The van der Waals surface area contributed by atoms with Gasteiger partial charge < -0.3 is 5.32 Å². The number of ketones is 1. The zero-order chi connectivity index (χ0) is 11.3. The van der Waals surface area contributed by atoms with Crippen molar-refractivity contribution in [3.05, 3.63) is 0 Å². The molecule has 1 aliphatic rings. The van der Waals surface area contributed by atoms with Crippen LogP contribution in [-0.4, -0.2) is 19.4 Å². The Kier molecular flexibility index (Phi) is 5.30. The number of hydrogen-bond acceptors (Lipinski definition) is 2. The van der Waals surface area contributed by atoms with Gasteiger partial charge in [-0.25, -0.2) is 0 Å². The maximum Gasteiger partial charge on any atom is 0.140 e. The number of nitrogens with one attached hydrogen (secondary N) is 1. The third kappa shape index (κ3) is 3.60. The van der Waals surface area contributed by atoms with E-state index in [1.165, 1.54) is 19.3 Å². The minimum absolute atomic E-state index is 0.220. The lowest BCUT2D eigenvalue weighted by Gasteiger charge is -2.27. The highest BCUT2D eigenvalue weighted by molar-refractivity contribution is 5.84. The molecule has 0 aliphatic heterocycles.